The molecule has 0 spiro atoms. The van der Waals surface area contributed by atoms with E-state index in [0.29, 0.717) is 11.1 Å². The highest BCUT2D eigenvalue weighted by Crippen LogP contribution is 2.37. The average molecular weight is 416 g/mol. The van der Waals surface area contributed by atoms with Crippen molar-refractivity contribution in [1.82, 2.24) is 0 Å². The van der Waals surface area contributed by atoms with Gasteiger partial charge in [-0.1, -0.05) is 24.3 Å². The number of fused-ring (bicyclic) bond motifs is 2. The van der Waals surface area contributed by atoms with Crippen molar-refractivity contribution >= 4 is 23.6 Å². The molecule has 7 nitrogen and oxygen atoms in total. The van der Waals surface area contributed by atoms with Crippen molar-refractivity contribution < 1.29 is 34.4 Å². The van der Waals surface area contributed by atoms with Crippen molar-refractivity contribution in [2.24, 2.45) is 0 Å². The van der Waals surface area contributed by atoms with Crippen LogP contribution in [0.5, 0.6) is 17.2 Å². The summed E-state index contributed by atoms with van der Waals surface area (Å²) in [6.45, 7) is -0.228. The van der Waals surface area contributed by atoms with Crippen LogP contribution in [0.25, 0.3) is 6.08 Å². The van der Waals surface area contributed by atoms with Crippen LogP contribution in [0, 0.1) is 0 Å². The highest BCUT2D eigenvalue weighted by Gasteiger charge is 2.34. The zero-order chi connectivity index (χ0) is 22.1. The number of aromatic hydroxyl groups is 3. The number of esters is 1. The molecular formula is C24H16O7. The summed E-state index contributed by atoms with van der Waals surface area (Å²) in [4.78, 5) is 37.5. The van der Waals surface area contributed by atoms with E-state index in [1.165, 1.54) is 54.6 Å². The zero-order valence-corrected chi connectivity index (χ0v) is 16.0. The van der Waals surface area contributed by atoms with Crippen molar-refractivity contribution in [3.8, 4) is 17.2 Å². The monoisotopic (exact) mass is 416 g/mol. The Morgan fingerprint density at radius 3 is 2.29 bits per heavy atom. The maximum absolute atomic E-state index is 12.8. The fourth-order valence-electron chi connectivity index (χ4n) is 3.38. The van der Waals surface area contributed by atoms with Gasteiger partial charge in [-0.3, -0.25) is 9.59 Å². The first kappa shape index (κ1) is 19.9. The molecule has 7 heteroatoms. The Labute approximate surface area is 176 Å². The van der Waals surface area contributed by atoms with Crippen molar-refractivity contribution in [3.05, 3.63) is 94.1 Å². The maximum atomic E-state index is 12.8. The Balaban J connectivity index is 1.54. The van der Waals surface area contributed by atoms with E-state index in [0.717, 1.165) is 0 Å². The number of carbonyl (C=O) groups excluding carboxylic acids is 3. The Hall–Kier alpha value is -4.39. The van der Waals surface area contributed by atoms with Gasteiger partial charge in [0.2, 0.25) is 5.78 Å². The molecule has 4 rings (SSSR count). The lowest BCUT2D eigenvalue weighted by Gasteiger charge is -2.20. The first-order valence-electron chi connectivity index (χ1n) is 9.26. The Kier molecular flexibility index (Phi) is 5.00. The van der Waals surface area contributed by atoms with E-state index in [2.05, 4.69) is 0 Å². The van der Waals surface area contributed by atoms with E-state index in [1.54, 1.807) is 12.1 Å². The molecule has 0 heterocycles. The third kappa shape index (κ3) is 3.76. The molecule has 0 fully saturated rings. The number of ketones is 2. The van der Waals surface area contributed by atoms with Crippen LogP contribution in [-0.4, -0.2) is 32.9 Å². The molecule has 3 aromatic rings. The quantitative estimate of drug-likeness (QED) is 0.345. The van der Waals surface area contributed by atoms with Gasteiger partial charge in [0.1, 0.15) is 23.9 Å². The molecular weight excluding hydrogens is 400 g/mol. The number of phenolic OH excluding ortho intramolecular Hbond substituents is 3. The molecule has 1 aliphatic carbocycles. The summed E-state index contributed by atoms with van der Waals surface area (Å²) in [7, 11) is 0. The molecule has 0 aromatic heterocycles. The number of ether oxygens (including phenoxy) is 1. The van der Waals surface area contributed by atoms with Gasteiger partial charge in [0.15, 0.2) is 5.78 Å². The number of hydrogen-bond donors (Lipinski definition) is 3. The van der Waals surface area contributed by atoms with Gasteiger partial charge in [-0.25, -0.2) is 4.79 Å². The van der Waals surface area contributed by atoms with E-state index in [1.807, 2.05) is 0 Å². The molecule has 0 amide bonds. The van der Waals surface area contributed by atoms with Gasteiger partial charge < -0.3 is 20.1 Å². The average Bonchev–Trinajstić information content (AvgIpc) is 2.75. The first-order valence-corrected chi connectivity index (χ1v) is 9.26. The van der Waals surface area contributed by atoms with Crippen LogP contribution in [0.1, 0.15) is 43.0 Å². The summed E-state index contributed by atoms with van der Waals surface area (Å²) in [5, 5.41) is 29.6. The molecule has 0 unspecified atom stereocenters. The van der Waals surface area contributed by atoms with Gasteiger partial charge in [-0.15, -0.1) is 0 Å². The summed E-state index contributed by atoms with van der Waals surface area (Å²) in [6, 6.07) is 13.0. The lowest BCUT2D eigenvalue weighted by atomic mass is 9.82. The standard InChI is InChI=1S/C24H16O7/c25-15-7-4-13(5-8-15)6-9-20(28)31-12-14-10-17-22(19(27)11-14)24(30)21-16(23(17)29)2-1-3-18(21)26/h1-11,25-27H,12H2/b9-6+. The largest absolute Gasteiger partial charge is 0.508 e. The predicted molar refractivity (Wildman–Crippen MR) is 110 cm³/mol. The van der Waals surface area contributed by atoms with E-state index >= 15 is 0 Å². The summed E-state index contributed by atoms with van der Waals surface area (Å²) < 4.78 is 5.15. The molecule has 3 N–H and O–H groups in total. The number of benzene rings is 3. The molecule has 0 saturated carbocycles. The topological polar surface area (TPSA) is 121 Å². The van der Waals surface area contributed by atoms with Crippen LogP contribution in [0.4, 0.5) is 0 Å². The summed E-state index contributed by atoms with van der Waals surface area (Å²) in [6.07, 6.45) is 2.72. The Morgan fingerprint density at radius 2 is 1.55 bits per heavy atom. The predicted octanol–water partition coefficient (Wildman–Crippen LogP) is 3.34. The van der Waals surface area contributed by atoms with Crippen molar-refractivity contribution in [2.45, 2.75) is 6.61 Å². The molecule has 0 saturated heterocycles. The third-order valence-corrected chi connectivity index (χ3v) is 4.85. The number of phenols is 3. The second kappa shape index (κ2) is 7.79. The Bertz CT molecular complexity index is 1250. The lowest BCUT2D eigenvalue weighted by molar-refractivity contribution is -0.138. The number of hydrogen-bond acceptors (Lipinski definition) is 7. The normalized spacial score (nSPS) is 12.5. The van der Waals surface area contributed by atoms with Crippen molar-refractivity contribution in [2.75, 3.05) is 0 Å². The molecule has 0 radical (unpaired) electrons. The van der Waals surface area contributed by atoms with Crippen LogP contribution >= 0.6 is 0 Å². The summed E-state index contributed by atoms with van der Waals surface area (Å²) in [5.74, 6) is -2.48. The van der Waals surface area contributed by atoms with Gasteiger partial charge in [-0.2, -0.15) is 0 Å². The Morgan fingerprint density at radius 1 is 0.839 bits per heavy atom. The van der Waals surface area contributed by atoms with E-state index in [4.69, 9.17) is 4.74 Å². The molecule has 1 aliphatic rings. The van der Waals surface area contributed by atoms with Crippen LogP contribution < -0.4 is 0 Å². The SMILES string of the molecule is O=C(/C=C/c1ccc(O)cc1)OCc1cc(O)c2c(c1)C(=O)c1cccc(O)c1C2=O. The maximum Gasteiger partial charge on any atom is 0.331 e. The molecule has 3 aromatic carbocycles. The van der Waals surface area contributed by atoms with Gasteiger partial charge in [0.25, 0.3) is 0 Å². The molecule has 154 valence electrons. The molecule has 0 bridgehead atoms. The van der Waals surface area contributed by atoms with E-state index in [9.17, 15) is 29.7 Å². The fourth-order valence-corrected chi connectivity index (χ4v) is 3.38. The first-order chi connectivity index (χ1) is 14.8. The van der Waals surface area contributed by atoms with E-state index < -0.39 is 23.3 Å². The minimum absolute atomic E-state index is 0.0196. The van der Waals surface area contributed by atoms with Gasteiger partial charge in [0.05, 0.1) is 11.1 Å². The summed E-state index contributed by atoms with van der Waals surface area (Å²) >= 11 is 0. The molecule has 0 aliphatic heterocycles. The van der Waals surface area contributed by atoms with Crippen LogP contribution in [0.15, 0.2) is 60.7 Å². The minimum Gasteiger partial charge on any atom is -0.508 e. The van der Waals surface area contributed by atoms with E-state index in [-0.39, 0.29) is 40.4 Å². The third-order valence-electron chi connectivity index (χ3n) is 4.85. The second-order valence-corrected chi connectivity index (χ2v) is 6.93. The second-order valence-electron chi connectivity index (χ2n) is 6.93. The molecule has 31 heavy (non-hydrogen) atoms. The van der Waals surface area contributed by atoms with Crippen molar-refractivity contribution in [1.29, 1.82) is 0 Å². The van der Waals surface area contributed by atoms with Gasteiger partial charge in [-0.05, 0) is 47.5 Å². The van der Waals surface area contributed by atoms with Crippen LogP contribution in [0.2, 0.25) is 0 Å². The number of rotatable bonds is 4. The fraction of sp³-hybridized carbons (Fsp3) is 0.0417. The van der Waals surface area contributed by atoms with Crippen molar-refractivity contribution in [3.63, 3.8) is 0 Å². The highest BCUT2D eigenvalue weighted by atomic mass is 16.5. The number of carbonyl (C=O) groups is 3. The lowest BCUT2D eigenvalue weighted by Crippen LogP contribution is -2.21. The smallest absolute Gasteiger partial charge is 0.331 e. The van der Waals surface area contributed by atoms with Gasteiger partial charge >= 0.3 is 5.97 Å². The minimum atomic E-state index is -0.652. The zero-order valence-electron chi connectivity index (χ0n) is 16.0. The highest BCUT2D eigenvalue weighted by molar-refractivity contribution is 6.30. The van der Waals surface area contributed by atoms with Gasteiger partial charge in [0, 0.05) is 17.2 Å². The molecule has 0 atom stereocenters. The van der Waals surface area contributed by atoms with Crippen LogP contribution in [0.3, 0.4) is 0 Å². The summed E-state index contributed by atoms with van der Waals surface area (Å²) in [5.41, 5.74) is 0.700. The van der Waals surface area contributed by atoms with Crippen LogP contribution in [-0.2, 0) is 16.1 Å².